The summed E-state index contributed by atoms with van der Waals surface area (Å²) in [6.07, 6.45) is 0. The monoisotopic (exact) mass is 338 g/mol. The molecule has 1 aromatic heterocycles. The second-order valence-corrected chi connectivity index (χ2v) is 5.38. The van der Waals surface area contributed by atoms with Gasteiger partial charge in [-0.05, 0) is 18.2 Å². The Hall–Kier alpha value is -2.99. The Morgan fingerprint density at radius 1 is 1.00 bits per heavy atom. The molecule has 1 heterocycles. The van der Waals surface area contributed by atoms with Crippen LogP contribution in [-0.4, -0.2) is 30.2 Å². The van der Waals surface area contributed by atoms with E-state index in [1.807, 2.05) is 36.4 Å². The molecule has 0 spiro atoms. The molecule has 0 unspecified atom stereocenters. The molecule has 5 nitrogen and oxygen atoms in total. The molecule has 2 N–H and O–H groups in total. The van der Waals surface area contributed by atoms with Crippen molar-refractivity contribution < 1.29 is 9.13 Å². The fraction of sp³-hybridized carbons (Fsp3) is 0.158. The Balaban J connectivity index is 1.91. The van der Waals surface area contributed by atoms with E-state index in [4.69, 9.17) is 4.74 Å². The molecule has 0 fully saturated rings. The average Bonchev–Trinajstić information content (AvgIpc) is 2.63. The molecule has 6 heteroatoms. The van der Waals surface area contributed by atoms with Gasteiger partial charge in [0.15, 0.2) is 0 Å². The Morgan fingerprint density at radius 3 is 2.60 bits per heavy atom. The van der Waals surface area contributed by atoms with Crippen LogP contribution in [0.15, 0.2) is 60.7 Å². The number of benzene rings is 2. The molecule has 3 rings (SSSR count). The molecule has 128 valence electrons. The van der Waals surface area contributed by atoms with Gasteiger partial charge in [-0.25, -0.2) is 9.37 Å². The normalized spacial score (nSPS) is 10.5. The van der Waals surface area contributed by atoms with Gasteiger partial charge in [0.25, 0.3) is 0 Å². The third-order valence-corrected chi connectivity index (χ3v) is 3.49. The van der Waals surface area contributed by atoms with Crippen molar-refractivity contribution >= 4 is 17.5 Å². The van der Waals surface area contributed by atoms with E-state index in [-0.39, 0.29) is 5.82 Å². The molecule has 2 aromatic carbocycles. The van der Waals surface area contributed by atoms with Crippen molar-refractivity contribution in [2.75, 3.05) is 30.9 Å². The van der Waals surface area contributed by atoms with Crippen molar-refractivity contribution in [2.24, 2.45) is 0 Å². The summed E-state index contributed by atoms with van der Waals surface area (Å²) in [5.74, 6) is 0.749. The molecule has 0 bridgehead atoms. The zero-order chi connectivity index (χ0) is 17.5. The molecule has 3 aromatic rings. The summed E-state index contributed by atoms with van der Waals surface area (Å²) in [4.78, 5) is 8.99. The quantitative estimate of drug-likeness (QED) is 0.636. The second-order valence-electron chi connectivity index (χ2n) is 5.38. The minimum Gasteiger partial charge on any atom is -0.383 e. The highest BCUT2D eigenvalue weighted by Crippen LogP contribution is 2.23. The van der Waals surface area contributed by atoms with Crippen LogP contribution >= 0.6 is 0 Å². The van der Waals surface area contributed by atoms with Crippen LogP contribution in [0, 0.1) is 5.82 Å². The Bertz CT molecular complexity index is 827. The van der Waals surface area contributed by atoms with Crippen molar-refractivity contribution in [3.63, 3.8) is 0 Å². The van der Waals surface area contributed by atoms with E-state index in [2.05, 4.69) is 20.6 Å². The first-order valence-electron chi connectivity index (χ1n) is 7.94. The van der Waals surface area contributed by atoms with Crippen molar-refractivity contribution in [1.82, 2.24) is 9.97 Å². The largest absolute Gasteiger partial charge is 0.383 e. The van der Waals surface area contributed by atoms with Gasteiger partial charge in [-0.3, -0.25) is 0 Å². The van der Waals surface area contributed by atoms with Gasteiger partial charge in [-0.1, -0.05) is 36.4 Å². The zero-order valence-electron chi connectivity index (χ0n) is 13.9. The van der Waals surface area contributed by atoms with Crippen LogP contribution in [0.2, 0.25) is 0 Å². The summed E-state index contributed by atoms with van der Waals surface area (Å²) in [5.41, 5.74) is 2.34. The smallest absolute Gasteiger partial charge is 0.229 e. The number of methoxy groups -OCH3 is 1. The molecule has 0 aliphatic heterocycles. The number of rotatable bonds is 7. The number of halogens is 1. The third kappa shape index (κ3) is 4.74. The number of ether oxygens (including phenoxy) is 1. The SMILES string of the molecule is COCCNc1cc(-c2ccccc2)nc(Nc2cccc(F)c2)n1. The summed E-state index contributed by atoms with van der Waals surface area (Å²) in [5, 5.41) is 6.26. The summed E-state index contributed by atoms with van der Waals surface area (Å²) in [7, 11) is 1.65. The third-order valence-electron chi connectivity index (χ3n) is 3.49. The van der Waals surface area contributed by atoms with Gasteiger partial charge < -0.3 is 15.4 Å². The fourth-order valence-corrected chi connectivity index (χ4v) is 2.33. The van der Waals surface area contributed by atoms with Crippen LogP contribution in [0.25, 0.3) is 11.3 Å². The maximum Gasteiger partial charge on any atom is 0.229 e. The maximum atomic E-state index is 13.4. The number of anilines is 3. The summed E-state index contributed by atoms with van der Waals surface area (Å²) >= 11 is 0. The van der Waals surface area contributed by atoms with Crippen LogP contribution in [0.4, 0.5) is 21.8 Å². The Labute approximate surface area is 145 Å². The first-order valence-corrected chi connectivity index (χ1v) is 7.94. The molecule has 25 heavy (non-hydrogen) atoms. The molecule has 0 atom stereocenters. The number of hydrogen-bond donors (Lipinski definition) is 2. The van der Waals surface area contributed by atoms with Crippen molar-refractivity contribution in [2.45, 2.75) is 0 Å². The lowest BCUT2D eigenvalue weighted by atomic mass is 10.1. The topological polar surface area (TPSA) is 59.1 Å². The predicted octanol–water partition coefficient (Wildman–Crippen LogP) is 4.08. The molecular formula is C19H19FN4O. The first-order chi connectivity index (χ1) is 12.2. The van der Waals surface area contributed by atoms with Crippen LogP contribution in [0.5, 0.6) is 0 Å². The van der Waals surface area contributed by atoms with Crippen molar-refractivity contribution in [1.29, 1.82) is 0 Å². The molecule has 0 radical (unpaired) electrons. The summed E-state index contributed by atoms with van der Waals surface area (Å²) in [6.45, 7) is 1.19. The molecule has 0 aliphatic carbocycles. The van der Waals surface area contributed by atoms with E-state index >= 15 is 0 Å². The van der Waals surface area contributed by atoms with Crippen molar-refractivity contribution in [3.05, 3.63) is 66.5 Å². The lowest BCUT2D eigenvalue weighted by molar-refractivity contribution is 0.210. The second kappa shape index (κ2) is 8.21. The summed E-state index contributed by atoms with van der Waals surface area (Å²) in [6, 6.07) is 17.9. The van der Waals surface area contributed by atoms with Crippen LogP contribution in [-0.2, 0) is 4.74 Å². The van der Waals surface area contributed by atoms with Gasteiger partial charge in [-0.15, -0.1) is 0 Å². The van der Waals surface area contributed by atoms with Gasteiger partial charge in [0.1, 0.15) is 11.6 Å². The first kappa shape index (κ1) is 16.9. The number of aromatic nitrogens is 2. The maximum absolute atomic E-state index is 13.4. The van der Waals surface area contributed by atoms with E-state index in [1.165, 1.54) is 12.1 Å². The highest BCUT2D eigenvalue weighted by atomic mass is 19.1. The van der Waals surface area contributed by atoms with E-state index in [1.54, 1.807) is 19.2 Å². The van der Waals surface area contributed by atoms with E-state index in [9.17, 15) is 4.39 Å². The lowest BCUT2D eigenvalue weighted by Gasteiger charge is -2.11. The number of nitrogens with one attached hydrogen (secondary N) is 2. The predicted molar refractivity (Wildman–Crippen MR) is 97.5 cm³/mol. The minimum absolute atomic E-state index is 0.317. The highest BCUT2D eigenvalue weighted by Gasteiger charge is 2.07. The van der Waals surface area contributed by atoms with E-state index in [0.717, 1.165) is 11.3 Å². The number of nitrogens with zero attached hydrogens (tertiary/aromatic N) is 2. The molecule has 0 saturated heterocycles. The van der Waals surface area contributed by atoms with Crippen LogP contribution in [0.1, 0.15) is 0 Å². The minimum atomic E-state index is -0.317. The summed E-state index contributed by atoms with van der Waals surface area (Å²) < 4.78 is 18.4. The van der Waals surface area contributed by atoms with Gasteiger partial charge in [-0.2, -0.15) is 4.98 Å². The van der Waals surface area contributed by atoms with Crippen LogP contribution < -0.4 is 10.6 Å². The zero-order valence-corrected chi connectivity index (χ0v) is 13.9. The van der Waals surface area contributed by atoms with Gasteiger partial charge in [0.05, 0.1) is 12.3 Å². The van der Waals surface area contributed by atoms with Gasteiger partial charge >= 0.3 is 0 Å². The standard InChI is InChI=1S/C19H19FN4O/c1-25-11-10-21-18-13-17(14-6-3-2-4-7-14)23-19(24-18)22-16-9-5-8-15(20)12-16/h2-9,12-13H,10-11H2,1H3,(H2,21,22,23,24). The Morgan fingerprint density at radius 2 is 1.84 bits per heavy atom. The molecule has 0 saturated carbocycles. The van der Waals surface area contributed by atoms with Gasteiger partial charge in [0.2, 0.25) is 5.95 Å². The van der Waals surface area contributed by atoms with E-state index in [0.29, 0.717) is 30.6 Å². The fourth-order valence-electron chi connectivity index (χ4n) is 2.33. The van der Waals surface area contributed by atoms with Crippen molar-refractivity contribution in [3.8, 4) is 11.3 Å². The lowest BCUT2D eigenvalue weighted by Crippen LogP contribution is -2.10. The number of hydrogen-bond acceptors (Lipinski definition) is 5. The average molecular weight is 338 g/mol. The van der Waals surface area contributed by atoms with E-state index < -0.39 is 0 Å². The molecular weight excluding hydrogens is 319 g/mol. The van der Waals surface area contributed by atoms with Gasteiger partial charge in [0, 0.05) is 31.0 Å². The Kier molecular flexibility index (Phi) is 5.53. The van der Waals surface area contributed by atoms with Crippen LogP contribution in [0.3, 0.4) is 0 Å². The molecule has 0 aliphatic rings. The highest BCUT2D eigenvalue weighted by molar-refractivity contribution is 5.66. The molecule has 0 amide bonds.